The summed E-state index contributed by atoms with van der Waals surface area (Å²) in [5.41, 5.74) is 1.52. The highest BCUT2D eigenvalue weighted by atomic mass is 32.2. The van der Waals surface area contributed by atoms with Gasteiger partial charge in [-0.2, -0.15) is 0 Å². The van der Waals surface area contributed by atoms with Gasteiger partial charge in [-0.15, -0.1) is 0 Å². The number of nitrogens with zero attached hydrogens (tertiary/aromatic N) is 1. The van der Waals surface area contributed by atoms with Crippen LogP contribution in [0.5, 0.6) is 0 Å². The Kier molecular flexibility index (Phi) is 4.52. The van der Waals surface area contributed by atoms with Gasteiger partial charge >= 0.3 is 0 Å². The molecule has 0 aromatic heterocycles. The van der Waals surface area contributed by atoms with Crippen LogP contribution in [0, 0.1) is 5.82 Å². The van der Waals surface area contributed by atoms with E-state index >= 15 is 0 Å². The summed E-state index contributed by atoms with van der Waals surface area (Å²) >= 11 is 0. The van der Waals surface area contributed by atoms with Crippen molar-refractivity contribution in [3.63, 3.8) is 0 Å². The summed E-state index contributed by atoms with van der Waals surface area (Å²) in [6.45, 7) is 1.84. The summed E-state index contributed by atoms with van der Waals surface area (Å²) in [4.78, 5) is 2.13. The maximum absolute atomic E-state index is 14.0. The van der Waals surface area contributed by atoms with E-state index in [2.05, 4.69) is 9.62 Å². The topological polar surface area (TPSA) is 49.4 Å². The quantitative estimate of drug-likeness (QED) is 0.912. The molecule has 1 aliphatic rings. The third-order valence-electron chi connectivity index (χ3n) is 3.89. The lowest BCUT2D eigenvalue weighted by Crippen LogP contribution is -2.19. The molecule has 6 heteroatoms. The summed E-state index contributed by atoms with van der Waals surface area (Å²) < 4.78 is 40.9. The van der Waals surface area contributed by atoms with Gasteiger partial charge in [0.25, 0.3) is 0 Å². The van der Waals surface area contributed by atoms with Crippen LogP contribution in [0.2, 0.25) is 0 Å². The van der Waals surface area contributed by atoms with Gasteiger partial charge in [0, 0.05) is 18.8 Å². The molecular weight excluding hydrogens is 315 g/mol. The molecule has 0 unspecified atom stereocenters. The van der Waals surface area contributed by atoms with E-state index < -0.39 is 15.8 Å². The molecule has 122 valence electrons. The Morgan fingerprint density at radius 3 is 2.43 bits per heavy atom. The molecule has 0 amide bonds. The van der Waals surface area contributed by atoms with Crippen LogP contribution >= 0.6 is 0 Å². The van der Waals surface area contributed by atoms with Crippen molar-refractivity contribution in [2.75, 3.05) is 22.7 Å². The van der Waals surface area contributed by atoms with E-state index in [4.69, 9.17) is 0 Å². The molecule has 1 N–H and O–H groups in total. The Labute approximate surface area is 136 Å². The summed E-state index contributed by atoms with van der Waals surface area (Å²) in [7, 11) is -3.66. The molecular formula is C17H19FN2O2S. The van der Waals surface area contributed by atoms with Crippen LogP contribution in [0.3, 0.4) is 0 Å². The largest absolute Gasteiger partial charge is 0.371 e. The fourth-order valence-corrected chi connectivity index (χ4v) is 3.96. The Hall–Kier alpha value is -2.08. The van der Waals surface area contributed by atoms with Gasteiger partial charge in [-0.1, -0.05) is 30.3 Å². The van der Waals surface area contributed by atoms with Gasteiger partial charge in [0.1, 0.15) is 5.82 Å². The molecule has 0 spiro atoms. The summed E-state index contributed by atoms with van der Waals surface area (Å²) in [6, 6.07) is 13.4. The number of halogens is 1. The van der Waals surface area contributed by atoms with Gasteiger partial charge in [0.15, 0.2) is 0 Å². The van der Waals surface area contributed by atoms with Crippen molar-refractivity contribution in [1.29, 1.82) is 0 Å². The molecule has 0 saturated carbocycles. The molecule has 0 bridgehead atoms. The summed E-state index contributed by atoms with van der Waals surface area (Å²) in [6.07, 6.45) is 2.21. The lowest BCUT2D eigenvalue weighted by Gasteiger charge is -2.19. The molecule has 1 saturated heterocycles. The van der Waals surface area contributed by atoms with Gasteiger partial charge in [-0.25, -0.2) is 12.8 Å². The minimum absolute atomic E-state index is 0.00494. The van der Waals surface area contributed by atoms with Crippen LogP contribution in [-0.4, -0.2) is 21.5 Å². The Morgan fingerprint density at radius 2 is 1.74 bits per heavy atom. The van der Waals surface area contributed by atoms with Crippen molar-refractivity contribution in [3.05, 3.63) is 59.9 Å². The van der Waals surface area contributed by atoms with E-state index in [1.165, 1.54) is 6.07 Å². The Bertz CT molecular complexity index is 772. The van der Waals surface area contributed by atoms with E-state index in [0.717, 1.165) is 31.6 Å². The Morgan fingerprint density at radius 1 is 1.04 bits per heavy atom. The van der Waals surface area contributed by atoms with E-state index in [0.29, 0.717) is 5.56 Å². The van der Waals surface area contributed by atoms with Gasteiger partial charge in [0.2, 0.25) is 10.0 Å². The van der Waals surface area contributed by atoms with E-state index in [1.54, 1.807) is 36.4 Å². The maximum atomic E-state index is 14.0. The fourth-order valence-electron chi connectivity index (χ4n) is 2.76. The first kappa shape index (κ1) is 15.8. The predicted molar refractivity (Wildman–Crippen MR) is 90.5 cm³/mol. The lowest BCUT2D eigenvalue weighted by molar-refractivity contribution is 0.598. The third kappa shape index (κ3) is 4.01. The first-order valence-corrected chi connectivity index (χ1v) is 9.28. The van der Waals surface area contributed by atoms with E-state index in [1.807, 2.05) is 6.07 Å². The van der Waals surface area contributed by atoms with Crippen LogP contribution in [0.4, 0.5) is 15.8 Å². The second kappa shape index (κ2) is 6.58. The molecule has 23 heavy (non-hydrogen) atoms. The van der Waals surface area contributed by atoms with Gasteiger partial charge in [-0.05, 0) is 36.6 Å². The van der Waals surface area contributed by atoms with Crippen LogP contribution in [0.25, 0.3) is 0 Å². The number of nitrogens with one attached hydrogen (secondary N) is 1. The fraction of sp³-hybridized carbons (Fsp3) is 0.294. The molecule has 3 rings (SSSR count). The van der Waals surface area contributed by atoms with Crippen LogP contribution < -0.4 is 9.62 Å². The van der Waals surface area contributed by atoms with Crippen LogP contribution in [0.1, 0.15) is 18.4 Å². The molecule has 0 atom stereocenters. The average molecular weight is 334 g/mol. The lowest BCUT2D eigenvalue weighted by atomic mass is 10.2. The zero-order chi connectivity index (χ0) is 16.3. The number of rotatable bonds is 5. The molecule has 4 nitrogen and oxygen atoms in total. The van der Waals surface area contributed by atoms with Crippen molar-refractivity contribution in [2.24, 2.45) is 0 Å². The number of anilines is 2. The molecule has 2 aromatic carbocycles. The SMILES string of the molecule is O=S(=O)(Cc1ccccc1)Nc1cc(N2CCCC2)ccc1F. The minimum atomic E-state index is -3.66. The normalized spacial score (nSPS) is 14.9. The third-order valence-corrected chi connectivity index (χ3v) is 5.13. The zero-order valence-corrected chi connectivity index (χ0v) is 13.5. The van der Waals surface area contributed by atoms with Crippen LogP contribution in [-0.2, 0) is 15.8 Å². The molecule has 1 aliphatic heterocycles. The summed E-state index contributed by atoms with van der Waals surface area (Å²) in [5, 5.41) is 0. The number of sulfonamides is 1. The number of hydrogen-bond donors (Lipinski definition) is 1. The maximum Gasteiger partial charge on any atom is 0.237 e. The standard InChI is InChI=1S/C17H19FN2O2S/c18-16-9-8-15(20-10-4-5-11-20)12-17(16)19-23(21,22)13-14-6-2-1-3-7-14/h1-3,6-9,12,19H,4-5,10-11,13H2. The molecule has 1 heterocycles. The monoisotopic (exact) mass is 334 g/mol. The van der Waals surface area contributed by atoms with Crippen molar-refractivity contribution < 1.29 is 12.8 Å². The smallest absolute Gasteiger partial charge is 0.237 e. The highest BCUT2D eigenvalue weighted by Gasteiger charge is 2.17. The first-order chi connectivity index (χ1) is 11.0. The highest BCUT2D eigenvalue weighted by Crippen LogP contribution is 2.26. The molecule has 0 radical (unpaired) electrons. The van der Waals surface area contributed by atoms with Crippen LogP contribution in [0.15, 0.2) is 48.5 Å². The van der Waals surface area contributed by atoms with E-state index in [9.17, 15) is 12.8 Å². The van der Waals surface area contributed by atoms with Gasteiger partial charge in [-0.3, -0.25) is 4.72 Å². The second-order valence-corrected chi connectivity index (χ2v) is 7.43. The highest BCUT2D eigenvalue weighted by molar-refractivity contribution is 7.91. The first-order valence-electron chi connectivity index (χ1n) is 7.62. The van der Waals surface area contributed by atoms with Gasteiger partial charge in [0.05, 0.1) is 11.4 Å². The van der Waals surface area contributed by atoms with Crippen molar-refractivity contribution in [1.82, 2.24) is 0 Å². The van der Waals surface area contributed by atoms with Crippen molar-refractivity contribution in [3.8, 4) is 0 Å². The number of benzene rings is 2. The molecule has 2 aromatic rings. The van der Waals surface area contributed by atoms with Crippen molar-refractivity contribution in [2.45, 2.75) is 18.6 Å². The second-order valence-electron chi connectivity index (χ2n) is 5.71. The Balaban J connectivity index is 1.79. The zero-order valence-electron chi connectivity index (χ0n) is 12.7. The van der Waals surface area contributed by atoms with E-state index in [-0.39, 0.29) is 11.4 Å². The van der Waals surface area contributed by atoms with Crippen molar-refractivity contribution >= 4 is 21.4 Å². The summed E-state index contributed by atoms with van der Waals surface area (Å²) in [5.74, 6) is -0.745. The van der Waals surface area contributed by atoms with Gasteiger partial charge < -0.3 is 4.90 Å². The molecule has 1 fully saturated rings. The predicted octanol–water partition coefficient (Wildman–Crippen LogP) is 3.37. The minimum Gasteiger partial charge on any atom is -0.371 e. The number of hydrogen-bond acceptors (Lipinski definition) is 3. The molecule has 0 aliphatic carbocycles. The average Bonchev–Trinajstić information content (AvgIpc) is 3.04.